The number of para-hydroxylation sites is 1. The number of benzene rings is 1. The minimum atomic E-state index is -0.342. The van der Waals surface area contributed by atoms with Crippen LogP contribution in [0.2, 0.25) is 0 Å². The molecule has 0 radical (unpaired) electrons. The van der Waals surface area contributed by atoms with Gasteiger partial charge in [-0.15, -0.1) is 11.3 Å². The van der Waals surface area contributed by atoms with Gasteiger partial charge in [0.25, 0.3) is 5.91 Å². The van der Waals surface area contributed by atoms with Crippen LogP contribution in [0.15, 0.2) is 28.7 Å². The number of hydrogen-bond donors (Lipinski definition) is 1. The van der Waals surface area contributed by atoms with E-state index < -0.39 is 0 Å². The van der Waals surface area contributed by atoms with E-state index in [1.807, 2.05) is 45.0 Å². The monoisotopic (exact) mass is 455 g/mol. The molecule has 0 fully saturated rings. The molecule has 4 aromatic rings. The van der Waals surface area contributed by atoms with Gasteiger partial charge in [0, 0.05) is 12.5 Å². The Morgan fingerprint density at radius 1 is 1.28 bits per heavy atom. The largest absolute Gasteiger partial charge is 0.490 e. The van der Waals surface area contributed by atoms with Crippen molar-refractivity contribution in [2.24, 2.45) is 0 Å². The molecule has 1 aromatic carbocycles. The highest BCUT2D eigenvalue weighted by Gasteiger charge is 2.23. The van der Waals surface area contributed by atoms with Gasteiger partial charge in [0.05, 0.1) is 30.0 Å². The van der Waals surface area contributed by atoms with Crippen LogP contribution in [-0.4, -0.2) is 36.7 Å². The highest BCUT2D eigenvalue weighted by Crippen LogP contribution is 2.36. The number of nitrogens with zero attached hydrogens (tertiary/aromatic N) is 2. The Bertz CT molecular complexity index is 1280. The molecule has 0 aliphatic heterocycles. The summed E-state index contributed by atoms with van der Waals surface area (Å²) >= 11 is 1.30. The highest BCUT2D eigenvalue weighted by molar-refractivity contribution is 7.20. The summed E-state index contributed by atoms with van der Waals surface area (Å²) in [6.07, 6.45) is 0. The Morgan fingerprint density at radius 2 is 2.09 bits per heavy atom. The van der Waals surface area contributed by atoms with E-state index in [9.17, 15) is 4.79 Å². The number of aryl methyl sites for hydroxylation is 1. The Balaban J connectivity index is 1.63. The fourth-order valence-electron chi connectivity index (χ4n) is 3.57. The number of fused-ring (bicyclic) bond motifs is 2. The van der Waals surface area contributed by atoms with Crippen LogP contribution in [0.25, 0.3) is 21.2 Å². The molecule has 0 aliphatic rings. The smallest absolute Gasteiger partial charge is 0.262 e. The van der Waals surface area contributed by atoms with Crippen molar-refractivity contribution in [2.75, 3.05) is 20.8 Å². The summed E-state index contributed by atoms with van der Waals surface area (Å²) in [5, 5.41) is 4.69. The Morgan fingerprint density at radius 3 is 2.81 bits per heavy atom. The molecule has 0 spiro atoms. The van der Waals surface area contributed by atoms with E-state index in [4.69, 9.17) is 18.6 Å². The molecule has 0 aliphatic carbocycles. The molecule has 3 aromatic heterocycles. The molecule has 32 heavy (non-hydrogen) atoms. The van der Waals surface area contributed by atoms with E-state index in [0.717, 1.165) is 16.3 Å². The molecule has 3 heterocycles. The first-order valence-corrected chi connectivity index (χ1v) is 11.1. The molecular formula is C23H25N3O5S. The summed E-state index contributed by atoms with van der Waals surface area (Å²) < 4.78 is 22.3. The van der Waals surface area contributed by atoms with E-state index in [2.05, 4.69) is 15.3 Å². The molecule has 9 heteroatoms. The molecule has 1 N–H and O–H groups in total. The average Bonchev–Trinajstić information content (AvgIpc) is 3.36. The molecule has 8 nitrogen and oxygen atoms in total. The molecule has 0 saturated heterocycles. The van der Waals surface area contributed by atoms with Crippen LogP contribution < -0.4 is 14.8 Å². The van der Waals surface area contributed by atoms with Gasteiger partial charge < -0.3 is 23.9 Å². The molecule has 0 bridgehead atoms. The van der Waals surface area contributed by atoms with Crippen molar-refractivity contribution < 1.29 is 23.4 Å². The third kappa shape index (κ3) is 4.01. The lowest BCUT2D eigenvalue weighted by molar-refractivity contribution is 0.0939. The standard InChI is InChI=1S/C23H25N3O5S/c1-6-30-15-9-7-8-14-10-16(31-19(14)15)13(3)24-21(27)20-12(2)18-22(29-5)25-17(11-28-4)26-23(18)32-20/h7-10,13H,6,11H2,1-5H3,(H,24,27). The van der Waals surface area contributed by atoms with E-state index in [1.165, 1.54) is 11.3 Å². The van der Waals surface area contributed by atoms with Crippen molar-refractivity contribution in [1.82, 2.24) is 15.3 Å². The summed E-state index contributed by atoms with van der Waals surface area (Å²) in [6, 6.07) is 7.33. The van der Waals surface area contributed by atoms with Crippen LogP contribution >= 0.6 is 11.3 Å². The van der Waals surface area contributed by atoms with Crippen molar-refractivity contribution in [3.63, 3.8) is 0 Å². The molecule has 0 saturated carbocycles. The van der Waals surface area contributed by atoms with Crippen molar-refractivity contribution >= 4 is 38.4 Å². The van der Waals surface area contributed by atoms with Crippen LogP contribution in [0.3, 0.4) is 0 Å². The first-order valence-electron chi connectivity index (χ1n) is 10.3. The Labute approximate surface area is 189 Å². The highest BCUT2D eigenvalue weighted by atomic mass is 32.1. The SMILES string of the molecule is CCOc1cccc2cc(C(C)NC(=O)c3sc4nc(COC)nc(OC)c4c3C)oc12. The summed E-state index contributed by atoms with van der Waals surface area (Å²) in [6.45, 7) is 6.49. The second kappa shape index (κ2) is 9.13. The summed E-state index contributed by atoms with van der Waals surface area (Å²) in [5.74, 6) is 2.07. The minimum Gasteiger partial charge on any atom is -0.490 e. The second-order valence-corrected chi connectivity index (χ2v) is 8.27. The van der Waals surface area contributed by atoms with Gasteiger partial charge in [0.1, 0.15) is 17.2 Å². The van der Waals surface area contributed by atoms with Gasteiger partial charge in [-0.05, 0) is 38.5 Å². The first-order chi connectivity index (χ1) is 15.5. The van der Waals surface area contributed by atoms with Crippen molar-refractivity contribution in [3.8, 4) is 11.6 Å². The second-order valence-electron chi connectivity index (χ2n) is 7.27. The number of furan rings is 1. The number of rotatable bonds is 8. The maximum absolute atomic E-state index is 13.1. The van der Waals surface area contributed by atoms with Gasteiger partial charge in [-0.25, -0.2) is 4.98 Å². The zero-order valence-electron chi connectivity index (χ0n) is 18.6. The number of thiophene rings is 1. The van der Waals surface area contributed by atoms with Gasteiger partial charge in [0.2, 0.25) is 5.88 Å². The molecule has 1 amide bonds. The third-order valence-electron chi connectivity index (χ3n) is 5.08. The van der Waals surface area contributed by atoms with Gasteiger partial charge in [0.15, 0.2) is 17.2 Å². The molecule has 1 atom stereocenters. The molecule has 4 rings (SSSR count). The van der Waals surface area contributed by atoms with E-state index in [-0.39, 0.29) is 18.6 Å². The average molecular weight is 456 g/mol. The fraction of sp³-hybridized carbons (Fsp3) is 0.348. The van der Waals surface area contributed by atoms with Crippen LogP contribution in [0.1, 0.15) is 46.7 Å². The van der Waals surface area contributed by atoms with Crippen LogP contribution in [-0.2, 0) is 11.3 Å². The van der Waals surface area contributed by atoms with E-state index >= 15 is 0 Å². The maximum Gasteiger partial charge on any atom is 0.262 e. The zero-order valence-corrected chi connectivity index (χ0v) is 19.5. The first kappa shape index (κ1) is 22.0. The van der Waals surface area contributed by atoms with E-state index in [1.54, 1.807) is 14.2 Å². The van der Waals surface area contributed by atoms with Gasteiger partial charge in [-0.3, -0.25) is 4.79 Å². The Kier molecular flexibility index (Phi) is 6.29. The Hall–Kier alpha value is -3.17. The van der Waals surface area contributed by atoms with Gasteiger partial charge in [-0.2, -0.15) is 4.98 Å². The topological polar surface area (TPSA) is 95.7 Å². The lowest BCUT2D eigenvalue weighted by Gasteiger charge is -2.11. The number of ether oxygens (including phenoxy) is 3. The predicted molar refractivity (Wildman–Crippen MR) is 123 cm³/mol. The van der Waals surface area contributed by atoms with Crippen LogP contribution in [0.4, 0.5) is 0 Å². The van der Waals surface area contributed by atoms with Crippen molar-refractivity contribution in [1.29, 1.82) is 0 Å². The number of amides is 1. The molecule has 168 valence electrons. The number of carbonyl (C=O) groups excluding carboxylic acids is 1. The summed E-state index contributed by atoms with van der Waals surface area (Å²) in [5.41, 5.74) is 1.45. The lowest BCUT2D eigenvalue weighted by atomic mass is 10.1. The molecule has 1 unspecified atom stereocenters. The fourth-order valence-corrected chi connectivity index (χ4v) is 4.67. The maximum atomic E-state index is 13.1. The zero-order chi connectivity index (χ0) is 22.8. The number of hydrogen-bond acceptors (Lipinski definition) is 8. The van der Waals surface area contributed by atoms with Gasteiger partial charge >= 0.3 is 0 Å². The minimum absolute atomic E-state index is 0.209. The molecular weight excluding hydrogens is 430 g/mol. The third-order valence-corrected chi connectivity index (χ3v) is 6.26. The van der Waals surface area contributed by atoms with Crippen LogP contribution in [0.5, 0.6) is 11.6 Å². The van der Waals surface area contributed by atoms with Crippen LogP contribution in [0, 0.1) is 6.92 Å². The van der Waals surface area contributed by atoms with Crippen molar-refractivity contribution in [3.05, 3.63) is 46.3 Å². The lowest BCUT2D eigenvalue weighted by Crippen LogP contribution is -2.26. The number of aromatic nitrogens is 2. The summed E-state index contributed by atoms with van der Waals surface area (Å²) in [4.78, 5) is 23.3. The number of methoxy groups -OCH3 is 2. The predicted octanol–water partition coefficient (Wildman–Crippen LogP) is 4.79. The normalized spacial score (nSPS) is 12.3. The van der Waals surface area contributed by atoms with Gasteiger partial charge in [-0.1, -0.05) is 12.1 Å². The quantitative estimate of drug-likeness (QED) is 0.408. The number of carbonyl (C=O) groups is 1. The van der Waals surface area contributed by atoms with E-state index in [0.29, 0.717) is 45.1 Å². The summed E-state index contributed by atoms with van der Waals surface area (Å²) in [7, 11) is 3.13. The van der Waals surface area contributed by atoms with Crippen molar-refractivity contribution in [2.45, 2.75) is 33.4 Å². The number of nitrogens with one attached hydrogen (secondary N) is 1.